The van der Waals surface area contributed by atoms with Crippen molar-refractivity contribution in [2.75, 3.05) is 13.1 Å². The smallest absolute Gasteiger partial charge is 0.162 e. The van der Waals surface area contributed by atoms with Gasteiger partial charge >= 0.3 is 0 Å². The van der Waals surface area contributed by atoms with Crippen molar-refractivity contribution in [3.8, 4) is 0 Å². The van der Waals surface area contributed by atoms with E-state index < -0.39 is 0 Å². The number of aliphatic hydroxyl groups is 1. The van der Waals surface area contributed by atoms with E-state index in [2.05, 4.69) is 11.0 Å². The summed E-state index contributed by atoms with van der Waals surface area (Å²) in [6.07, 6.45) is 10.4. The van der Waals surface area contributed by atoms with Crippen LogP contribution in [0, 0.1) is 5.82 Å². The molecule has 0 saturated carbocycles. The van der Waals surface area contributed by atoms with Crippen molar-refractivity contribution in [2.45, 2.75) is 50.2 Å². The first-order valence-corrected chi connectivity index (χ1v) is 9.63. The summed E-state index contributed by atoms with van der Waals surface area (Å²) in [5, 5.41) is 10.5. The molecular weight excluding hydrogens is 353 g/mol. The number of aliphatic hydroxyl groups excluding tert-OH is 1. The first kappa shape index (κ1) is 19.3. The molecule has 1 saturated heterocycles. The summed E-state index contributed by atoms with van der Waals surface area (Å²) in [7, 11) is 0. The molecule has 1 aliphatic heterocycles. The number of piperidine rings is 1. The van der Waals surface area contributed by atoms with Crippen LogP contribution in [0.4, 0.5) is 4.39 Å². The molecule has 5 heteroatoms. The Morgan fingerprint density at radius 2 is 1.96 bits per heavy atom. The molecule has 0 spiro atoms. The van der Waals surface area contributed by atoms with Crippen molar-refractivity contribution in [2.24, 2.45) is 0 Å². The number of ketones is 1. The third-order valence-electron chi connectivity index (χ3n) is 5.48. The number of benzene rings is 1. The van der Waals surface area contributed by atoms with Crippen LogP contribution in [0.5, 0.6) is 0 Å². The zero-order valence-electron chi connectivity index (χ0n) is 14.8. The summed E-state index contributed by atoms with van der Waals surface area (Å²) in [6.45, 7) is 1.70. The first-order valence-electron chi connectivity index (χ1n) is 9.25. The van der Waals surface area contributed by atoms with Crippen LogP contribution in [-0.4, -0.2) is 40.5 Å². The van der Waals surface area contributed by atoms with Gasteiger partial charge in [-0.25, -0.2) is 4.39 Å². The maximum Gasteiger partial charge on any atom is 0.162 e. The summed E-state index contributed by atoms with van der Waals surface area (Å²) >= 11 is 6.11. The maximum atomic E-state index is 13.0. The molecule has 2 aliphatic rings. The van der Waals surface area contributed by atoms with Crippen molar-refractivity contribution in [1.82, 2.24) is 4.90 Å². The SMILES string of the molecule is O=C(CCCC1(N2CCC(O)CC2)C=CC(Cl)=CC1)c1ccc(F)cc1. The normalized spacial score (nSPS) is 24.5. The molecule has 1 heterocycles. The van der Waals surface area contributed by atoms with E-state index in [1.807, 2.05) is 12.2 Å². The summed E-state index contributed by atoms with van der Waals surface area (Å²) in [5.74, 6) is -0.286. The molecule has 1 aromatic rings. The van der Waals surface area contributed by atoms with E-state index in [1.54, 1.807) is 12.1 Å². The second kappa shape index (κ2) is 8.47. The van der Waals surface area contributed by atoms with Crippen LogP contribution in [0.25, 0.3) is 0 Å². The Balaban J connectivity index is 1.62. The summed E-state index contributed by atoms with van der Waals surface area (Å²) < 4.78 is 13.0. The van der Waals surface area contributed by atoms with Gasteiger partial charge in [0.15, 0.2) is 5.78 Å². The number of rotatable bonds is 6. The van der Waals surface area contributed by atoms with E-state index in [4.69, 9.17) is 11.6 Å². The Labute approximate surface area is 159 Å². The second-order valence-electron chi connectivity index (χ2n) is 7.23. The fourth-order valence-corrected chi connectivity index (χ4v) is 4.01. The number of halogens is 2. The molecule has 1 aliphatic carbocycles. The van der Waals surface area contributed by atoms with E-state index in [-0.39, 0.29) is 23.2 Å². The van der Waals surface area contributed by atoms with Crippen LogP contribution in [0.3, 0.4) is 0 Å². The van der Waals surface area contributed by atoms with Gasteiger partial charge in [-0.1, -0.05) is 23.8 Å². The number of carbonyl (C=O) groups excluding carboxylic acids is 1. The lowest BCUT2D eigenvalue weighted by Gasteiger charge is -2.46. The van der Waals surface area contributed by atoms with Crippen LogP contribution in [0.2, 0.25) is 0 Å². The van der Waals surface area contributed by atoms with E-state index in [9.17, 15) is 14.3 Å². The zero-order chi connectivity index (χ0) is 18.6. The highest BCUT2D eigenvalue weighted by Gasteiger charge is 2.36. The molecule has 0 aromatic heterocycles. The topological polar surface area (TPSA) is 40.5 Å². The van der Waals surface area contributed by atoms with Crippen molar-refractivity contribution in [3.05, 3.63) is 58.9 Å². The number of hydrogen-bond acceptors (Lipinski definition) is 3. The number of hydrogen-bond donors (Lipinski definition) is 1. The van der Waals surface area contributed by atoms with Gasteiger partial charge in [-0.2, -0.15) is 0 Å². The molecule has 1 N–H and O–H groups in total. The molecule has 1 aromatic carbocycles. The molecule has 0 amide bonds. The third-order valence-corrected chi connectivity index (χ3v) is 5.76. The Bertz CT molecular complexity index is 692. The van der Waals surface area contributed by atoms with Gasteiger partial charge in [0, 0.05) is 35.6 Å². The molecule has 0 bridgehead atoms. The van der Waals surface area contributed by atoms with Gasteiger partial charge in [0.05, 0.1) is 6.10 Å². The van der Waals surface area contributed by atoms with Gasteiger partial charge in [-0.3, -0.25) is 9.69 Å². The molecule has 0 radical (unpaired) electrons. The Kier molecular flexibility index (Phi) is 6.28. The molecule has 26 heavy (non-hydrogen) atoms. The number of Topliss-reactive ketones (excluding diaryl/α,β-unsaturated/α-hetero) is 1. The number of allylic oxidation sites excluding steroid dienone is 2. The predicted octanol–water partition coefficient (Wildman–Crippen LogP) is 4.46. The Hall–Kier alpha value is -1.49. The van der Waals surface area contributed by atoms with Crippen LogP contribution in [0.15, 0.2) is 47.5 Å². The van der Waals surface area contributed by atoms with Crippen molar-refractivity contribution in [1.29, 1.82) is 0 Å². The van der Waals surface area contributed by atoms with Gasteiger partial charge in [0.2, 0.25) is 0 Å². The number of likely N-dealkylation sites (tertiary alicyclic amines) is 1. The second-order valence-corrected chi connectivity index (χ2v) is 7.67. The van der Waals surface area contributed by atoms with Crippen molar-refractivity contribution < 1.29 is 14.3 Å². The maximum absolute atomic E-state index is 13.0. The molecule has 3 nitrogen and oxygen atoms in total. The van der Waals surface area contributed by atoms with Crippen LogP contribution in [-0.2, 0) is 0 Å². The molecular formula is C21H25ClFNO2. The molecule has 1 fully saturated rings. The van der Waals surface area contributed by atoms with Crippen LogP contribution < -0.4 is 0 Å². The Morgan fingerprint density at radius 3 is 2.58 bits per heavy atom. The average Bonchev–Trinajstić information content (AvgIpc) is 2.65. The lowest BCUT2D eigenvalue weighted by Crippen LogP contribution is -2.52. The van der Waals surface area contributed by atoms with Gasteiger partial charge in [0.25, 0.3) is 0 Å². The van der Waals surface area contributed by atoms with Crippen LogP contribution in [0.1, 0.15) is 48.9 Å². The summed E-state index contributed by atoms with van der Waals surface area (Å²) in [6, 6.07) is 5.74. The molecule has 140 valence electrons. The standard InChI is InChI=1S/C21H25ClFNO2/c22-17-7-12-21(13-8-17,24-14-9-19(25)10-15-24)11-1-2-20(26)16-3-5-18(23)6-4-16/h3-8,12,19,25H,1-2,9-11,13-15H2. The average molecular weight is 378 g/mol. The minimum atomic E-state index is -0.330. The van der Waals surface area contributed by atoms with Gasteiger partial charge < -0.3 is 5.11 Å². The highest BCUT2D eigenvalue weighted by atomic mass is 35.5. The minimum absolute atomic E-state index is 0.0441. The van der Waals surface area contributed by atoms with E-state index in [0.717, 1.165) is 50.2 Å². The lowest BCUT2D eigenvalue weighted by atomic mass is 9.82. The minimum Gasteiger partial charge on any atom is -0.393 e. The van der Waals surface area contributed by atoms with Crippen LogP contribution >= 0.6 is 11.6 Å². The van der Waals surface area contributed by atoms with Crippen molar-refractivity contribution in [3.63, 3.8) is 0 Å². The highest BCUT2D eigenvalue weighted by Crippen LogP contribution is 2.35. The van der Waals surface area contributed by atoms with Crippen molar-refractivity contribution >= 4 is 17.4 Å². The Morgan fingerprint density at radius 1 is 1.27 bits per heavy atom. The highest BCUT2D eigenvalue weighted by molar-refractivity contribution is 6.31. The van der Waals surface area contributed by atoms with E-state index in [0.29, 0.717) is 12.0 Å². The molecule has 1 atom stereocenters. The zero-order valence-corrected chi connectivity index (χ0v) is 15.6. The fourth-order valence-electron chi connectivity index (χ4n) is 3.87. The van der Waals surface area contributed by atoms with Gasteiger partial charge in [-0.05, 0) is 62.4 Å². The largest absolute Gasteiger partial charge is 0.393 e. The monoisotopic (exact) mass is 377 g/mol. The van der Waals surface area contributed by atoms with Gasteiger partial charge in [0.1, 0.15) is 5.82 Å². The van der Waals surface area contributed by atoms with E-state index >= 15 is 0 Å². The summed E-state index contributed by atoms with van der Waals surface area (Å²) in [4.78, 5) is 14.8. The predicted molar refractivity (Wildman–Crippen MR) is 102 cm³/mol. The first-order chi connectivity index (χ1) is 12.5. The molecule has 3 rings (SSSR count). The lowest BCUT2D eigenvalue weighted by molar-refractivity contribution is 0.0310. The molecule has 1 unspecified atom stereocenters. The van der Waals surface area contributed by atoms with E-state index in [1.165, 1.54) is 12.1 Å². The fraction of sp³-hybridized carbons (Fsp3) is 0.476. The third kappa shape index (κ3) is 4.61. The van der Waals surface area contributed by atoms with Gasteiger partial charge in [-0.15, -0.1) is 0 Å². The quantitative estimate of drug-likeness (QED) is 0.744. The number of nitrogens with zero attached hydrogens (tertiary/aromatic N) is 1. The number of carbonyl (C=O) groups is 1. The summed E-state index contributed by atoms with van der Waals surface area (Å²) in [5.41, 5.74) is 0.422.